The van der Waals surface area contributed by atoms with Gasteiger partial charge in [0.25, 0.3) is 11.8 Å². The fraction of sp³-hybridized carbons (Fsp3) is 0.524. The van der Waals surface area contributed by atoms with E-state index in [9.17, 15) is 19.2 Å². The topological polar surface area (TPSA) is 120 Å². The van der Waals surface area contributed by atoms with Crippen LogP contribution in [0.2, 0.25) is 0 Å². The zero-order valence-electron chi connectivity index (χ0n) is 17.6. The summed E-state index contributed by atoms with van der Waals surface area (Å²) in [4.78, 5) is 49.3. The molecule has 0 unspecified atom stereocenters. The molecule has 1 aliphatic carbocycles. The van der Waals surface area contributed by atoms with Gasteiger partial charge in [-0.2, -0.15) is 5.01 Å². The van der Waals surface area contributed by atoms with Gasteiger partial charge in [-0.15, -0.1) is 0 Å². The summed E-state index contributed by atoms with van der Waals surface area (Å²) in [5.74, 6) is -0.421. The maximum Gasteiger partial charge on any atom is 0.344 e. The molecular formula is C21H29N5O4. The number of benzene rings is 1. The number of hydrazine groups is 1. The van der Waals surface area contributed by atoms with Gasteiger partial charge in [0.05, 0.1) is 0 Å². The Hall–Kier alpha value is -3.10. The SMILES string of the molecule is CC1CCC2(CC1)NC(=O)N(NC(=O)c1ccc(CNC(=O)NC(C)C)cc1)C2=O. The summed E-state index contributed by atoms with van der Waals surface area (Å²) < 4.78 is 0. The highest BCUT2D eigenvalue weighted by molar-refractivity contribution is 6.09. The minimum absolute atomic E-state index is 0.0396. The fourth-order valence-corrected chi connectivity index (χ4v) is 3.75. The molecule has 1 saturated heterocycles. The molecule has 0 radical (unpaired) electrons. The molecule has 0 atom stereocenters. The predicted octanol–water partition coefficient (Wildman–Crippen LogP) is 2.04. The molecule has 1 aromatic rings. The Morgan fingerprint density at radius 2 is 1.80 bits per heavy atom. The maximum atomic E-state index is 12.8. The summed E-state index contributed by atoms with van der Waals surface area (Å²) >= 11 is 0. The second kappa shape index (κ2) is 8.73. The zero-order chi connectivity index (χ0) is 21.9. The van der Waals surface area contributed by atoms with Gasteiger partial charge >= 0.3 is 12.1 Å². The van der Waals surface area contributed by atoms with Crippen molar-refractivity contribution in [1.29, 1.82) is 0 Å². The number of nitrogens with zero attached hydrogens (tertiary/aromatic N) is 1. The van der Waals surface area contributed by atoms with E-state index >= 15 is 0 Å². The van der Waals surface area contributed by atoms with Gasteiger partial charge < -0.3 is 16.0 Å². The van der Waals surface area contributed by atoms with Crippen LogP contribution in [0.5, 0.6) is 0 Å². The predicted molar refractivity (Wildman–Crippen MR) is 110 cm³/mol. The standard InChI is InChI=1S/C21H29N5O4/c1-13(2)23-19(29)22-12-15-4-6-16(7-5-15)17(27)25-26-18(28)21(24-20(26)30)10-8-14(3)9-11-21/h4-7,13-14H,8-12H2,1-3H3,(H,24,30)(H,25,27)(H2,22,23,29). The van der Waals surface area contributed by atoms with Crippen molar-refractivity contribution in [3.8, 4) is 0 Å². The first-order valence-electron chi connectivity index (χ1n) is 10.3. The molecule has 3 rings (SSSR count). The van der Waals surface area contributed by atoms with Gasteiger partial charge in [-0.25, -0.2) is 9.59 Å². The summed E-state index contributed by atoms with van der Waals surface area (Å²) in [5, 5.41) is 9.03. The van der Waals surface area contributed by atoms with Crippen LogP contribution in [0.4, 0.5) is 9.59 Å². The molecule has 6 amide bonds. The van der Waals surface area contributed by atoms with Crippen LogP contribution >= 0.6 is 0 Å². The fourth-order valence-electron chi connectivity index (χ4n) is 3.75. The van der Waals surface area contributed by atoms with Crippen LogP contribution in [-0.2, 0) is 11.3 Å². The average molecular weight is 415 g/mol. The summed E-state index contributed by atoms with van der Waals surface area (Å²) in [6, 6.07) is 5.77. The van der Waals surface area contributed by atoms with Gasteiger partial charge in [0, 0.05) is 18.2 Å². The number of rotatable bonds is 5. The van der Waals surface area contributed by atoms with Gasteiger partial charge in [-0.05, 0) is 63.1 Å². The van der Waals surface area contributed by atoms with E-state index in [-0.39, 0.29) is 12.1 Å². The van der Waals surface area contributed by atoms with Crippen molar-refractivity contribution in [2.75, 3.05) is 0 Å². The quantitative estimate of drug-likeness (QED) is 0.550. The van der Waals surface area contributed by atoms with E-state index in [2.05, 4.69) is 28.3 Å². The molecule has 9 heteroatoms. The lowest BCUT2D eigenvalue weighted by atomic mass is 9.77. The molecule has 9 nitrogen and oxygen atoms in total. The molecule has 1 saturated carbocycles. The van der Waals surface area contributed by atoms with Crippen LogP contribution in [0.25, 0.3) is 0 Å². The normalized spacial score (nSPS) is 23.5. The van der Waals surface area contributed by atoms with Gasteiger partial charge in [-0.3, -0.25) is 15.0 Å². The van der Waals surface area contributed by atoms with Crippen molar-refractivity contribution < 1.29 is 19.2 Å². The van der Waals surface area contributed by atoms with Crippen LogP contribution in [0.1, 0.15) is 62.4 Å². The van der Waals surface area contributed by atoms with E-state index in [0.717, 1.165) is 23.4 Å². The van der Waals surface area contributed by atoms with Crippen LogP contribution in [-0.4, -0.2) is 40.5 Å². The number of carbonyl (C=O) groups excluding carboxylic acids is 4. The second-order valence-corrected chi connectivity index (χ2v) is 8.45. The number of nitrogens with one attached hydrogen (secondary N) is 4. The molecule has 1 spiro atoms. The minimum Gasteiger partial charge on any atom is -0.336 e. The van der Waals surface area contributed by atoms with Crippen molar-refractivity contribution in [3.05, 3.63) is 35.4 Å². The Balaban J connectivity index is 1.57. The van der Waals surface area contributed by atoms with E-state index in [4.69, 9.17) is 0 Å². The van der Waals surface area contributed by atoms with E-state index in [1.807, 2.05) is 13.8 Å². The molecule has 0 aromatic heterocycles. The maximum absolute atomic E-state index is 12.8. The van der Waals surface area contributed by atoms with Crippen molar-refractivity contribution in [3.63, 3.8) is 0 Å². The Bertz CT molecular complexity index is 828. The van der Waals surface area contributed by atoms with Crippen molar-refractivity contribution in [2.45, 2.75) is 64.6 Å². The minimum atomic E-state index is -0.900. The molecular weight excluding hydrogens is 386 g/mol. The van der Waals surface area contributed by atoms with Crippen LogP contribution in [0, 0.1) is 5.92 Å². The Labute approximate surface area is 175 Å². The molecule has 162 valence electrons. The lowest BCUT2D eigenvalue weighted by molar-refractivity contribution is -0.134. The van der Waals surface area contributed by atoms with Crippen molar-refractivity contribution >= 4 is 23.9 Å². The number of urea groups is 2. The van der Waals surface area contributed by atoms with E-state index in [1.54, 1.807) is 24.3 Å². The van der Waals surface area contributed by atoms with Gasteiger partial charge in [-0.1, -0.05) is 19.1 Å². The third-order valence-corrected chi connectivity index (χ3v) is 5.59. The molecule has 0 bridgehead atoms. The first-order chi connectivity index (χ1) is 14.2. The van der Waals surface area contributed by atoms with Crippen LogP contribution in [0.15, 0.2) is 24.3 Å². The van der Waals surface area contributed by atoms with Gasteiger partial charge in [0.15, 0.2) is 0 Å². The Kier molecular flexibility index (Phi) is 6.28. The molecule has 1 aromatic carbocycles. The monoisotopic (exact) mass is 415 g/mol. The number of carbonyl (C=O) groups is 4. The molecule has 4 N–H and O–H groups in total. The Morgan fingerprint density at radius 1 is 1.17 bits per heavy atom. The van der Waals surface area contributed by atoms with Crippen molar-refractivity contribution in [1.82, 2.24) is 26.4 Å². The smallest absolute Gasteiger partial charge is 0.336 e. The lowest BCUT2D eigenvalue weighted by Gasteiger charge is -2.33. The number of hydrogen-bond acceptors (Lipinski definition) is 4. The number of amides is 6. The average Bonchev–Trinajstić information content (AvgIpc) is 2.93. The van der Waals surface area contributed by atoms with Crippen LogP contribution in [0.3, 0.4) is 0 Å². The summed E-state index contributed by atoms with van der Waals surface area (Å²) in [6.45, 7) is 6.18. The van der Waals surface area contributed by atoms with E-state index in [1.165, 1.54) is 0 Å². The van der Waals surface area contributed by atoms with E-state index < -0.39 is 23.4 Å². The highest BCUT2D eigenvalue weighted by Crippen LogP contribution is 2.35. The molecule has 2 aliphatic rings. The lowest BCUT2D eigenvalue weighted by Crippen LogP contribution is -2.51. The largest absolute Gasteiger partial charge is 0.344 e. The molecule has 1 heterocycles. The first kappa shape index (κ1) is 21.6. The molecule has 1 aliphatic heterocycles. The first-order valence-corrected chi connectivity index (χ1v) is 10.3. The highest BCUT2D eigenvalue weighted by Gasteiger charge is 2.52. The summed E-state index contributed by atoms with van der Waals surface area (Å²) in [5.41, 5.74) is 2.65. The van der Waals surface area contributed by atoms with E-state index in [0.29, 0.717) is 30.9 Å². The van der Waals surface area contributed by atoms with Crippen LogP contribution < -0.4 is 21.4 Å². The number of imide groups is 1. The van der Waals surface area contributed by atoms with Gasteiger partial charge in [0.2, 0.25) is 0 Å². The van der Waals surface area contributed by atoms with Gasteiger partial charge in [0.1, 0.15) is 5.54 Å². The number of hydrogen-bond donors (Lipinski definition) is 4. The van der Waals surface area contributed by atoms with Crippen molar-refractivity contribution in [2.24, 2.45) is 5.92 Å². The zero-order valence-corrected chi connectivity index (χ0v) is 17.6. The third-order valence-electron chi connectivity index (χ3n) is 5.59. The second-order valence-electron chi connectivity index (χ2n) is 8.45. The molecule has 2 fully saturated rings. The molecule has 30 heavy (non-hydrogen) atoms. The summed E-state index contributed by atoms with van der Waals surface area (Å²) in [7, 11) is 0. The third kappa shape index (κ3) is 4.72. The Morgan fingerprint density at radius 3 is 2.40 bits per heavy atom. The highest BCUT2D eigenvalue weighted by atomic mass is 16.2. The summed E-state index contributed by atoms with van der Waals surface area (Å²) in [6.07, 6.45) is 2.88.